The topological polar surface area (TPSA) is 77.0 Å². The second-order valence-corrected chi connectivity index (χ2v) is 5.42. The molecule has 0 aliphatic carbocycles. The van der Waals surface area contributed by atoms with Gasteiger partial charge in [0.15, 0.2) is 11.5 Å². The Balaban J connectivity index is 0.00000220. The number of carbonyl (C=O) groups is 1. The zero-order valence-electron chi connectivity index (χ0n) is 12.4. The van der Waals surface area contributed by atoms with Crippen molar-refractivity contribution < 1.29 is 24.1 Å². The van der Waals surface area contributed by atoms with Crippen molar-refractivity contribution >= 4 is 18.5 Å². The molecule has 7 heteroatoms. The fourth-order valence-corrected chi connectivity index (χ4v) is 2.30. The third-order valence-corrected chi connectivity index (χ3v) is 3.45. The summed E-state index contributed by atoms with van der Waals surface area (Å²) in [6.07, 6.45) is -0.458. The molecule has 0 spiro atoms. The fraction of sp³-hybridized carbons (Fsp3) is 0.500. The lowest BCUT2D eigenvalue weighted by molar-refractivity contribution is 0.0386. The van der Waals surface area contributed by atoms with Crippen molar-refractivity contribution in [1.29, 1.82) is 0 Å². The van der Waals surface area contributed by atoms with E-state index in [1.165, 1.54) is 14.2 Å². The molecule has 1 atom stereocenters. The number of halogens is 1. The van der Waals surface area contributed by atoms with Gasteiger partial charge in [-0.15, -0.1) is 12.4 Å². The van der Waals surface area contributed by atoms with Gasteiger partial charge < -0.3 is 24.6 Å². The van der Waals surface area contributed by atoms with Gasteiger partial charge in [-0.2, -0.15) is 0 Å². The number of nitrogens with one attached hydrogen (secondary N) is 1. The highest BCUT2D eigenvalue weighted by Gasteiger charge is 2.38. The molecule has 6 nitrogen and oxygen atoms in total. The van der Waals surface area contributed by atoms with E-state index in [4.69, 9.17) is 14.2 Å². The SMILES string of the molecule is COc1cc([C@H]2NC(=O)OCC2(C)C)cc(OC)c1O.Cl. The lowest BCUT2D eigenvalue weighted by atomic mass is 9.80. The Kier molecular flexibility index (Phi) is 5.17. The summed E-state index contributed by atoms with van der Waals surface area (Å²) in [5.74, 6) is 0.543. The third-order valence-electron chi connectivity index (χ3n) is 3.45. The highest BCUT2D eigenvalue weighted by atomic mass is 35.5. The van der Waals surface area contributed by atoms with Crippen LogP contribution in [0.25, 0.3) is 0 Å². The van der Waals surface area contributed by atoms with E-state index in [2.05, 4.69) is 5.32 Å². The maximum absolute atomic E-state index is 11.5. The smallest absolute Gasteiger partial charge is 0.407 e. The Hall–Kier alpha value is -1.82. The standard InChI is InChI=1S/C14H19NO5.ClH/c1-14(2)7-20-13(17)15-12(14)8-5-9(18-3)11(16)10(6-8)19-4;/h5-6,12,16H,7H2,1-4H3,(H,15,17);1H/t12-;/m1./s1. The number of aromatic hydroxyl groups is 1. The molecule has 0 radical (unpaired) electrons. The lowest BCUT2D eigenvalue weighted by Gasteiger charge is -2.38. The summed E-state index contributed by atoms with van der Waals surface area (Å²) in [7, 11) is 2.93. The van der Waals surface area contributed by atoms with Crippen molar-refractivity contribution in [2.45, 2.75) is 19.9 Å². The van der Waals surface area contributed by atoms with Gasteiger partial charge in [-0.25, -0.2) is 4.79 Å². The van der Waals surface area contributed by atoms with Crippen LogP contribution in [0.1, 0.15) is 25.5 Å². The number of benzene rings is 1. The van der Waals surface area contributed by atoms with E-state index in [0.29, 0.717) is 18.1 Å². The first-order valence-electron chi connectivity index (χ1n) is 6.27. The second kappa shape index (κ2) is 6.30. The summed E-state index contributed by atoms with van der Waals surface area (Å²) in [4.78, 5) is 11.5. The number of ether oxygens (including phenoxy) is 3. The van der Waals surface area contributed by atoms with Crippen LogP contribution in [-0.2, 0) is 4.74 Å². The van der Waals surface area contributed by atoms with Gasteiger partial charge in [-0.1, -0.05) is 13.8 Å². The zero-order valence-corrected chi connectivity index (χ0v) is 13.2. The maximum Gasteiger partial charge on any atom is 0.407 e. The lowest BCUT2D eigenvalue weighted by Crippen LogP contribution is -2.46. The molecule has 1 heterocycles. The highest BCUT2D eigenvalue weighted by Crippen LogP contribution is 2.43. The van der Waals surface area contributed by atoms with E-state index in [1.807, 2.05) is 13.8 Å². The number of phenols is 1. The summed E-state index contributed by atoms with van der Waals surface area (Å²) in [6, 6.07) is 3.12. The Morgan fingerprint density at radius 2 is 1.81 bits per heavy atom. The first-order valence-corrected chi connectivity index (χ1v) is 6.27. The molecule has 0 unspecified atom stereocenters. The number of phenolic OH excluding ortho intramolecular Hbond substituents is 1. The van der Waals surface area contributed by atoms with E-state index < -0.39 is 6.09 Å². The number of methoxy groups -OCH3 is 2. The van der Waals surface area contributed by atoms with Crippen LogP contribution in [-0.4, -0.2) is 32.0 Å². The first kappa shape index (κ1) is 17.2. The van der Waals surface area contributed by atoms with Crippen molar-refractivity contribution in [3.05, 3.63) is 17.7 Å². The van der Waals surface area contributed by atoms with Crippen molar-refractivity contribution in [3.63, 3.8) is 0 Å². The number of amides is 1. The van der Waals surface area contributed by atoms with Gasteiger partial charge in [0.25, 0.3) is 0 Å². The molecule has 2 rings (SSSR count). The van der Waals surface area contributed by atoms with E-state index in [-0.39, 0.29) is 29.6 Å². The van der Waals surface area contributed by atoms with Crippen LogP contribution in [0.2, 0.25) is 0 Å². The number of carbonyl (C=O) groups excluding carboxylic acids is 1. The molecule has 1 amide bonds. The molecule has 1 saturated heterocycles. The Labute approximate surface area is 129 Å². The minimum absolute atomic E-state index is 0. The number of hydrogen-bond acceptors (Lipinski definition) is 5. The predicted molar refractivity (Wildman–Crippen MR) is 79.5 cm³/mol. The summed E-state index contributed by atoms with van der Waals surface area (Å²) in [5.41, 5.74) is 0.499. The number of cyclic esters (lactones) is 1. The monoisotopic (exact) mass is 317 g/mol. The van der Waals surface area contributed by atoms with Crippen LogP contribution < -0.4 is 14.8 Å². The summed E-state index contributed by atoms with van der Waals surface area (Å²) in [5, 5.41) is 12.7. The molecule has 1 fully saturated rings. The van der Waals surface area contributed by atoms with Gasteiger partial charge in [-0.05, 0) is 17.7 Å². The van der Waals surface area contributed by atoms with Crippen molar-refractivity contribution in [1.82, 2.24) is 5.32 Å². The molecule has 1 aliphatic rings. The molecular weight excluding hydrogens is 298 g/mol. The number of rotatable bonds is 3. The molecule has 2 N–H and O–H groups in total. The molecule has 0 aromatic heterocycles. The van der Waals surface area contributed by atoms with E-state index >= 15 is 0 Å². The average Bonchev–Trinajstić information content (AvgIpc) is 2.42. The number of alkyl carbamates (subject to hydrolysis) is 1. The second-order valence-electron chi connectivity index (χ2n) is 5.42. The van der Waals surface area contributed by atoms with Crippen LogP contribution in [0.3, 0.4) is 0 Å². The third kappa shape index (κ3) is 3.26. The van der Waals surface area contributed by atoms with Crippen LogP contribution in [0, 0.1) is 5.41 Å². The minimum atomic E-state index is -0.458. The average molecular weight is 318 g/mol. The molecule has 1 aromatic carbocycles. The largest absolute Gasteiger partial charge is 0.502 e. The van der Waals surface area contributed by atoms with Crippen LogP contribution in [0.15, 0.2) is 12.1 Å². The van der Waals surface area contributed by atoms with Crippen LogP contribution >= 0.6 is 12.4 Å². The summed E-state index contributed by atoms with van der Waals surface area (Å²) in [6.45, 7) is 4.29. The van der Waals surface area contributed by atoms with Crippen molar-refractivity contribution in [3.8, 4) is 17.2 Å². The van der Waals surface area contributed by atoms with Gasteiger partial charge in [-0.3, -0.25) is 0 Å². The van der Waals surface area contributed by atoms with Gasteiger partial charge >= 0.3 is 6.09 Å². The molecule has 1 aromatic rings. The van der Waals surface area contributed by atoms with Crippen molar-refractivity contribution in [2.24, 2.45) is 5.41 Å². The molecule has 1 aliphatic heterocycles. The molecule has 118 valence electrons. The van der Waals surface area contributed by atoms with Gasteiger partial charge in [0.05, 0.1) is 20.3 Å². The molecule has 0 saturated carbocycles. The molecule has 21 heavy (non-hydrogen) atoms. The highest BCUT2D eigenvalue weighted by molar-refractivity contribution is 5.85. The normalized spacial score (nSPS) is 19.8. The van der Waals surface area contributed by atoms with E-state index in [9.17, 15) is 9.90 Å². The zero-order chi connectivity index (χ0) is 14.9. The molecule has 0 bridgehead atoms. The number of hydrogen-bond donors (Lipinski definition) is 2. The maximum atomic E-state index is 11.5. The Morgan fingerprint density at radius 3 is 2.29 bits per heavy atom. The van der Waals surface area contributed by atoms with Crippen LogP contribution in [0.4, 0.5) is 4.79 Å². The quantitative estimate of drug-likeness (QED) is 0.896. The first-order chi connectivity index (χ1) is 9.39. The van der Waals surface area contributed by atoms with Gasteiger partial charge in [0.1, 0.15) is 6.61 Å². The minimum Gasteiger partial charge on any atom is -0.502 e. The van der Waals surface area contributed by atoms with Gasteiger partial charge in [0.2, 0.25) is 5.75 Å². The van der Waals surface area contributed by atoms with E-state index in [1.54, 1.807) is 12.1 Å². The molecular formula is C14H20ClNO5. The van der Waals surface area contributed by atoms with Gasteiger partial charge in [0, 0.05) is 5.41 Å². The summed E-state index contributed by atoms with van der Waals surface area (Å²) < 4.78 is 15.3. The van der Waals surface area contributed by atoms with Crippen LogP contribution in [0.5, 0.6) is 17.2 Å². The van der Waals surface area contributed by atoms with E-state index in [0.717, 1.165) is 5.56 Å². The predicted octanol–water partition coefficient (Wildman–Crippen LogP) is 2.64. The fourth-order valence-electron chi connectivity index (χ4n) is 2.30. The van der Waals surface area contributed by atoms with Crippen molar-refractivity contribution in [2.75, 3.05) is 20.8 Å². The Morgan fingerprint density at radius 1 is 1.29 bits per heavy atom. The Bertz CT molecular complexity index is 507. The summed E-state index contributed by atoms with van der Waals surface area (Å²) >= 11 is 0.